The van der Waals surface area contributed by atoms with Crippen LogP contribution < -0.4 is 9.62 Å². The van der Waals surface area contributed by atoms with Crippen LogP contribution in [0.2, 0.25) is 0 Å². The second-order valence-corrected chi connectivity index (χ2v) is 15.0. The van der Waals surface area contributed by atoms with Crippen LogP contribution in [0.1, 0.15) is 30.5 Å². The number of carbonyl (C=O) groups excluding carboxylic acids is 2. The molecule has 45 heavy (non-hydrogen) atoms. The van der Waals surface area contributed by atoms with E-state index in [1.165, 1.54) is 17.0 Å². The number of carbonyl (C=O) groups is 2. The molecule has 0 radical (unpaired) electrons. The maximum atomic E-state index is 14.5. The second kappa shape index (κ2) is 15.7. The van der Waals surface area contributed by atoms with Gasteiger partial charge in [-0.05, 0) is 72.5 Å². The van der Waals surface area contributed by atoms with E-state index in [2.05, 4.69) is 37.2 Å². The van der Waals surface area contributed by atoms with Crippen molar-refractivity contribution in [3.05, 3.63) is 129 Å². The fourth-order valence-corrected chi connectivity index (χ4v) is 6.68. The molecule has 0 aliphatic heterocycles. The van der Waals surface area contributed by atoms with Gasteiger partial charge in [0.2, 0.25) is 11.8 Å². The van der Waals surface area contributed by atoms with E-state index in [0.717, 1.165) is 29.9 Å². The summed E-state index contributed by atoms with van der Waals surface area (Å²) in [5.74, 6) is -0.596. The Labute approximate surface area is 283 Å². The summed E-state index contributed by atoms with van der Waals surface area (Å²) < 4.78 is 31.0. The zero-order valence-electron chi connectivity index (χ0n) is 25.5. The Bertz CT molecular complexity index is 1680. The lowest BCUT2D eigenvalue weighted by atomic mass is 10.0. The third-order valence-electron chi connectivity index (χ3n) is 7.22. The fourth-order valence-electron chi connectivity index (χ4n) is 4.74. The molecule has 0 spiro atoms. The van der Waals surface area contributed by atoms with E-state index in [-0.39, 0.29) is 29.7 Å². The molecule has 2 amide bonds. The fraction of sp³-hybridized carbons (Fsp3) is 0.257. The van der Waals surface area contributed by atoms with Gasteiger partial charge in [0, 0.05) is 28.5 Å². The van der Waals surface area contributed by atoms with Gasteiger partial charge in [0.15, 0.2) is 0 Å². The molecule has 236 valence electrons. The minimum absolute atomic E-state index is 0.0683. The van der Waals surface area contributed by atoms with Crippen molar-refractivity contribution in [1.82, 2.24) is 10.2 Å². The molecule has 7 nitrogen and oxygen atoms in total. The van der Waals surface area contributed by atoms with Crippen LogP contribution in [0.25, 0.3) is 0 Å². The van der Waals surface area contributed by atoms with Gasteiger partial charge < -0.3 is 10.2 Å². The molecule has 1 N–H and O–H groups in total. The van der Waals surface area contributed by atoms with Crippen molar-refractivity contribution >= 4 is 59.4 Å². The Balaban J connectivity index is 1.79. The van der Waals surface area contributed by atoms with Gasteiger partial charge in [0.1, 0.15) is 12.6 Å². The van der Waals surface area contributed by atoms with E-state index in [9.17, 15) is 18.0 Å². The van der Waals surface area contributed by atoms with Crippen molar-refractivity contribution in [3.8, 4) is 0 Å². The van der Waals surface area contributed by atoms with Crippen LogP contribution >= 0.6 is 31.9 Å². The highest BCUT2D eigenvalue weighted by atomic mass is 79.9. The number of nitrogens with one attached hydrogen (secondary N) is 1. The third kappa shape index (κ3) is 9.51. The SMILES string of the molecule is Cc1ccc(S(=O)(=O)N(CC(=O)N(Cc2ccc(Br)cc2)[C@@H](Cc2ccccc2)C(=O)NCC(C)C)c2ccc(Br)cc2)cc1. The highest BCUT2D eigenvalue weighted by Crippen LogP contribution is 2.27. The summed E-state index contributed by atoms with van der Waals surface area (Å²) in [6.07, 6.45) is 0.260. The molecule has 0 aliphatic rings. The lowest BCUT2D eigenvalue weighted by Gasteiger charge is -2.34. The number of hydrogen-bond donors (Lipinski definition) is 1. The van der Waals surface area contributed by atoms with Crippen LogP contribution in [0.15, 0.2) is 117 Å². The monoisotopic (exact) mass is 753 g/mol. The second-order valence-electron chi connectivity index (χ2n) is 11.3. The number of hydrogen-bond acceptors (Lipinski definition) is 4. The molecule has 0 bridgehead atoms. The van der Waals surface area contributed by atoms with Gasteiger partial charge in [-0.2, -0.15) is 0 Å². The number of anilines is 1. The Morgan fingerprint density at radius 1 is 0.778 bits per heavy atom. The largest absolute Gasteiger partial charge is 0.354 e. The molecule has 0 heterocycles. The van der Waals surface area contributed by atoms with Crippen LogP contribution in [0.3, 0.4) is 0 Å². The molecule has 4 rings (SSSR count). The average Bonchev–Trinajstić information content (AvgIpc) is 3.02. The summed E-state index contributed by atoms with van der Waals surface area (Å²) in [4.78, 5) is 29.9. The van der Waals surface area contributed by atoms with Gasteiger partial charge in [-0.3, -0.25) is 13.9 Å². The number of aryl methyl sites for hydroxylation is 1. The average molecular weight is 756 g/mol. The first-order valence-electron chi connectivity index (χ1n) is 14.6. The van der Waals surface area contributed by atoms with Gasteiger partial charge in [-0.15, -0.1) is 0 Å². The normalized spacial score (nSPS) is 12.0. The first kappa shape index (κ1) is 34.4. The molecule has 0 unspecified atom stereocenters. The molecule has 0 saturated carbocycles. The molecule has 0 saturated heterocycles. The summed E-state index contributed by atoms with van der Waals surface area (Å²) >= 11 is 6.88. The van der Waals surface area contributed by atoms with Crippen molar-refractivity contribution in [1.29, 1.82) is 0 Å². The van der Waals surface area contributed by atoms with Crippen LogP contribution in [-0.4, -0.2) is 44.3 Å². The van der Waals surface area contributed by atoms with Crippen molar-refractivity contribution < 1.29 is 18.0 Å². The number of nitrogens with zero attached hydrogens (tertiary/aromatic N) is 2. The maximum Gasteiger partial charge on any atom is 0.264 e. The van der Waals surface area contributed by atoms with Crippen LogP contribution in [0.4, 0.5) is 5.69 Å². The van der Waals surface area contributed by atoms with E-state index in [4.69, 9.17) is 0 Å². The molecule has 4 aromatic carbocycles. The Kier molecular flexibility index (Phi) is 12.0. The lowest BCUT2D eigenvalue weighted by Crippen LogP contribution is -2.53. The summed E-state index contributed by atoms with van der Waals surface area (Å²) in [5.41, 5.74) is 2.93. The van der Waals surface area contributed by atoms with Gasteiger partial charge >= 0.3 is 0 Å². The Morgan fingerprint density at radius 2 is 1.36 bits per heavy atom. The Hall–Kier alpha value is -3.47. The number of sulfonamides is 1. The summed E-state index contributed by atoms with van der Waals surface area (Å²) in [6, 6.07) is 29.4. The number of benzene rings is 4. The Morgan fingerprint density at radius 3 is 1.93 bits per heavy atom. The molecule has 1 atom stereocenters. The molecule has 10 heteroatoms. The molecule has 0 aromatic heterocycles. The van der Waals surface area contributed by atoms with Crippen molar-refractivity contribution in [2.75, 3.05) is 17.4 Å². The quantitative estimate of drug-likeness (QED) is 0.158. The number of rotatable bonds is 13. The van der Waals surface area contributed by atoms with Crippen molar-refractivity contribution in [3.63, 3.8) is 0 Å². The first-order valence-corrected chi connectivity index (χ1v) is 17.7. The van der Waals surface area contributed by atoms with Crippen LogP contribution in [0, 0.1) is 12.8 Å². The maximum absolute atomic E-state index is 14.5. The first-order chi connectivity index (χ1) is 21.4. The van der Waals surface area contributed by atoms with E-state index in [1.807, 2.05) is 75.4 Å². The van der Waals surface area contributed by atoms with E-state index < -0.39 is 28.5 Å². The molecular weight excluding hydrogens is 718 g/mol. The summed E-state index contributed by atoms with van der Waals surface area (Å²) in [5, 5.41) is 3.01. The van der Waals surface area contributed by atoms with Gasteiger partial charge in [-0.25, -0.2) is 8.42 Å². The summed E-state index contributed by atoms with van der Waals surface area (Å²) in [7, 11) is -4.15. The van der Waals surface area contributed by atoms with Crippen LogP contribution in [0.5, 0.6) is 0 Å². The third-order valence-corrected chi connectivity index (χ3v) is 10.1. The summed E-state index contributed by atoms with van der Waals surface area (Å²) in [6.45, 7) is 5.93. The predicted molar refractivity (Wildman–Crippen MR) is 186 cm³/mol. The smallest absolute Gasteiger partial charge is 0.264 e. The highest BCUT2D eigenvalue weighted by molar-refractivity contribution is 9.10. The van der Waals surface area contributed by atoms with Crippen LogP contribution in [-0.2, 0) is 32.6 Å². The number of halogens is 2. The number of amides is 2. The molecule has 0 aliphatic carbocycles. The standard InChI is InChI=1S/C35H37Br2N3O4S/c1-25(2)22-38-35(42)33(21-27-7-5-4-6-8-27)39(23-28-11-13-29(36)14-12-28)34(41)24-40(31-17-15-30(37)16-18-31)45(43,44)32-19-9-26(3)10-20-32/h4-20,25,33H,21-24H2,1-3H3,(H,38,42)/t33-/m0/s1. The van der Waals surface area contributed by atoms with E-state index >= 15 is 0 Å². The highest BCUT2D eigenvalue weighted by Gasteiger charge is 2.34. The van der Waals surface area contributed by atoms with Gasteiger partial charge in [0.25, 0.3) is 10.0 Å². The molecule has 0 fully saturated rings. The van der Waals surface area contributed by atoms with Gasteiger partial charge in [0.05, 0.1) is 10.6 Å². The zero-order valence-corrected chi connectivity index (χ0v) is 29.5. The predicted octanol–water partition coefficient (Wildman–Crippen LogP) is 7.13. The van der Waals surface area contributed by atoms with Crippen molar-refractivity contribution in [2.45, 2.75) is 44.7 Å². The lowest BCUT2D eigenvalue weighted by molar-refractivity contribution is -0.140. The van der Waals surface area contributed by atoms with E-state index in [0.29, 0.717) is 12.2 Å². The van der Waals surface area contributed by atoms with Gasteiger partial charge in [-0.1, -0.05) is 106 Å². The molecule has 4 aromatic rings. The zero-order chi connectivity index (χ0) is 32.6. The van der Waals surface area contributed by atoms with E-state index in [1.54, 1.807) is 36.4 Å². The van der Waals surface area contributed by atoms with Crippen molar-refractivity contribution in [2.24, 2.45) is 5.92 Å². The molecular formula is C35H37Br2N3O4S. The topological polar surface area (TPSA) is 86.8 Å². The minimum Gasteiger partial charge on any atom is -0.354 e. The minimum atomic E-state index is -4.15.